The van der Waals surface area contributed by atoms with Crippen molar-refractivity contribution in [2.24, 2.45) is 0 Å². The molecule has 0 saturated heterocycles. The summed E-state index contributed by atoms with van der Waals surface area (Å²) in [6.45, 7) is 0. The Morgan fingerprint density at radius 1 is 1.20 bits per heavy atom. The van der Waals surface area contributed by atoms with E-state index in [9.17, 15) is 14.2 Å². The second-order valence-electron chi connectivity index (χ2n) is 3.61. The van der Waals surface area contributed by atoms with Gasteiger partial charge < -0.3 is 9.51 Å². The van der Waals surface area contributed by atoms with Crippen LogP contribution < -0.4 is 0 Å². The van der Waals surface area contributed by atoms with Crippen LogP contribution in [-0.4, -0.2) is 30.6 Å². The summed E-state index contributed by atoms with van der Waals surface area (Å²) in [7, 11) is -6.17. The molecule has 0 saturated carbocycles. The second kappa shape index (κ2) is 6.43. The summed E-state index contributed by atoms with van der Waals surface area (Å²) in [4.78, 5) is 21.5. The van der Waals surface area contributed by atoms with Gasteiger partial charge in [0.1, 0.15) is 5.65 Å². The summed E-state index contributed by atoms with van der Waals surface area (Å²) < 4.78 is 31.9. The van der Waals surface area contributed by atoms with E-state index < -0.39 is 28.9 Å². The highest BCUT2D eigenvalue weighted by Gasteiger charge is 2.39. The molecule has 0 radical (unpaired) electrons. The van der Waals surface area contributed by atoms with E-state index in [1.807, 2.05) is 0 Å². The smallest absolute Gasteiger partial charge is 0.362 e. The van der Waals surface area contributed by atoms with E-state index in [1.54, 1.807) is 24.4 Å². The molecule has 0 fully saturated rings. The summed E-state index contributed by atoms with van der Waals surface area (Å²) in [6.07, 6.45) is -0.470. The summed E-state index contributed by atoms with van der Waals surface area (Å²) in [5, 5.41) is 9.69. The van der Waals surface area contributed by atoms with Gasteiger partial charge in [0.25, 0.3) is 0 Å². The van der Waals surface area contributed by atoms with Gasteiger partial charge in [0, 0.05) is 15.3 Å². The quantitative estimate of drug-likeness (QED) is 0.531. The summed E-state index contributed by atoms with van der Waals surface area (Å²) >= 11 is 0. The van der Waals surface area contributed by atoms with Crippen LogP contribution >= 0.6 is 16.5 Å². The number of rotatable bonds is 6. The van der Waals surface area contributed by atoms with Crippen molar-refractivity contribution in [3.63, 3.8) is 0 Å². The van der Waals surface area contributed by atoms with Crippen molar-refractivity contribution in [3.8, 4) is 0 Å². The average molecular weight is 320 g/mol. The number of imidazole rings is 1. The zero-order chi connectivity index (χ0) is 14.7. The molecule has 2 aromatic heterocycles. The molecule has 106 valence electrons. The largest absolute Gasteiger partial charge is 0.697 e. The Bertz CT molecular complexity index is 646. The molecule has 4 unspecified atom stereocenters. The van der Waals surface area contributed by atoms with Gasteiger partial charge in [-0.05, 0) is 12.1 Å². The van der Waals surface area contributed by atoms with Crippen LogP contribution in [0.3, 0.4) is 0 Å². The Hall–Kier alpha value is -1.31. The molecule has 0 aliphatic carbocycles. The summed E-state index contributed by atoms with van der Waals surface area (Å²) in [5.41, 5.74) is 0.701. The van der Waals surface area contributed by atoms with Crippen LogP contribution in [0.2, 0.25) is 0 Å². The lowest BCUT2D eigenvalue weighted by Crippen LogP contribution is -2.21. The first-order valence-corrected chi connectivity index (χ1v) is 7.51. The maximum Gasteiger partial charge on any atom is 0.697 e. The normalized spacial score (nSPS) is 15.9. The van der Waals surface area contributed by atoms with Gasteiger partial charge in [-0.25, -0.2) is 4.98 Å². The number of nitrogens with zero attached hydrogens (tertiary/aromatic N) is 2. The molecular formula is C9H10N2O7P2+2. The fourth-order valence-corrected chi connectivity index (χ4v) is 2.36. The van der Waals surface area contributed by atoms with Gasteiger partial charge in [-0.15, -0.1) is 14.3 Å². The fourth-order valence-electron chi connectivity index (χ4n) is 1.66. The molecule has 2 aromatic rings. The number of pyridine rings is 1. The van der Waals surface area contributed by atoms with Gasteiger partial charge in [0.05, 0.1) is 11.9 Å². The topological polar surface area (TPSA) is 131 Å². The van der Waals surface area contributed by atoms with Crippen LogP contribution in [-0.2, 0) is 18.2 Å². The average Bonchev–Trinajstić information content (AvgIpc) is 2.78. The maximum atomic E-state index is 10.8. The van der Waals surface area contributed by atoms with Crippen LogP contribution in [0.4, 0.5) is 0 Å². The third kappa shape index (κ3) is 3.41. The fraction of sp³-hybridized carbons (Fsp3) is 0.222. The van der Waals surface area contributed by atoms with Gasteiger partial charge in [-0.3, -0.25) is 0 Å². The minimum atomic E-state index is -3.10. The molecule has 11 heteroatoms. The third-order valence-electron chi connectivity index (χ3n) is 2.40. The SMILES string of the molecule is O=[P+](O)OC(O)C(O[P+](=O)O)c1cnc2ccccn12. The van der Waals surface area contributed by atoms with Crippen LogP contribution in [0.15, 0.2) is 30.6 Å². The molecule has 0 aromatic carbocycles. The number of hydrogen-bond donors (Lipinski definition) is 3. The molecule has 3 N–H and O–H groups in total. The third-order valence-corrected chi connectivity index (χ3v) is 3.20. The van der Waals surface area contributed by atoms with Crippen molar-refractivity contribution in [1.29, 1.82) is 0 Å². The van der Waals surface area contributed by atoms with Crippen LogP contribution in [0.25, 0.3) is 5.65 Å². The predicted molar refractivity (Wildman–Crippen MR) is 65.8 cm³/mol. The lowest BCUT2D eigenvalue weighted by molar-refractivity contribution is -0.0979. The van der Waals surface area contributed by atoms with E-state index in [2.05, 4.69) is 14.0 Å². The minimum Gasteiger partial charge on any atom is -0.362 e. The molecule has 0 spiro atoms. The number of aliphatic hydroxyl groups excluding tert-OH is 1. The van der Waals surface area contributed by atoms with Gasteiger partial charge in [-0.1, -0.05) is 10.6 Å². The van der Waals surface area contributed by atoms with E-state index >= 15 is 0 Å². The number of fused-ring (bicyclic) bond motifs is 1. The van der Waals surface area contributed by atoms with E-state index in [4.69, 9.17) is 9.79 Å². The van der Waals surface area contributed by atoms with Crippen molar-refractivity contribution in [2.75, 3.05) is 0 Å². The Morgan fingerprint density at radius 3 is 2.55 bits per heavy atom. The lowest BCUT2D eigenvalue weighted by Gasteiger charge is -2.11. The second-order valence-corrected chi connectivity index (χ2v) is 4.98. The Morgan fingerprint density at radius 2 is 1.90 bits per heavy atom. The lowest BCUT2D eigenvalue weighted by atomic mass is 10.2. The molecule has 2 rings (SSSR count). The van der Waals surface area contributed by atoms with Crippen molar-refractivity contribution in [3.05, 3.63) is 36.3 Å². The van der Waals surface area contributed by atoms with Gasteiger partial charge in [0.15, 0.2) is 0 Å². The molecular weight excluding hydrogens is 310 g/mol. The van der Waals surface area contributed by atoms with E-state index in [0.717, 1.165) is 0 Å². The zero-order valence-corrected chi connectivity index (χ0v) is 11.6. The van der Waals surface area contributed by atoms with Gasteiger partial charge >= 0.3 is 16.5 Å². The minimum absolute atomic E-state index is 0.197. The van der Waals surface area contributed by atoms with E-state index in [0.29, 0.717) is 5.65 Å². The predicted octanol–water partition coefficient (Wildman–Crippen LogP) is 1.03. The van der Waals surface area contributed by atoms with Crippen molar-refractivity contribution >= 4 is 22.2 Å². The van der Waals surface area contributed by atoms with Crippen molar-refractivity contribution in [2.45, 2.75) is 12.4 Å². The molecule has 0 aliphatic heterocycles. The summed E-state index contributed by atoms with van der Waals surface area (Å²) in [5.74, 6) is 0. The van der Waals surface area contributed by atoms with Crippen molar-refractivity contribution in [1.82, 2.24) is 9.38 Å². The maximum absolute atomic E-state index is 10.8. The molecule has 0 aliphatic rings. The van der Waals surface area contributed by atoms with E-state index in [-0.39, 0.29) is 5.69 Å². The van der Waals surface area contributed by atoms with Crippen molar-refractivity contribution < 1.29 is 33.1 Å². The first kappa shape index (κ1) is 15.1. The first-order valence-electron chi connectivity index (χ1n) is 5.25. The van der Waals surface area contributed by atoms with Gasteiger partial charge in [0.2, 0.25) is 12.4 Å². The molecule has 9 nitrogen and oxygen atoms in total. The Kier molecular flexibility index (Phi) is 4.85. The zero-order valence-electron chi connectivity index (χ0n) is 9.80. The number of aromatic nitrogens is 2. The monoisotopic (exact) mass is 320 g/mol. The van der Waals surface area contributed by atoms with Crippen LogP contribution in [0, 0.1) is 0 Å². The number of aliphatic hydroxyl groups is 1. The highest BCUT2D eigenvalue weighted by atomic mass is 31.1. The summed E-state index contributed by atoms with van der Waals surface area (Å²) in [6, 6.07) is 5.07. The number of hydrogen-bond acceptors (Lipinski definition) is 6. The van der Waals surface area contributed by atoms with Gasteiger partial charge in [-0.2, -0.15) is 0 Å². The molecule has 20 heavy (non-hydrogen) atoms. The van der Waals surface area contributed by atoms with E-state index in [1.165, 1.54) is 10.6 Å². The molecule has 4 atom stereocenters. The molecule has 2 heterocycles. The first-order chi connectivity index (χ1) is 9.49. The van der Waals surface area contributed by atoms with Crippen LogP contribution in [0.5, 0.6) is 0 Å². The molecule has 0 amide bonds. The Labute approximate surface area is 114 Å². The highest BCUT2D eigenvalue weighted by Crippen LogP contribution is 2.35. The van der Waals surface area contributed by atoms with Crippen LogP contribution in [0.1, 0.15) is 11.8 Å². The molecule has 0 bridgehead atoms. The Balaban J connectivity index is 2.39. The standard InChI is InChI=1S/C9H8N2O7P2/c12-9(18-20(15)16)8(17-19(13)14)6-5-10-7-3-1-2-4-11(6)7/h1-5,8-9,12H/p+2. The highest BCUT2D eigenvalue weighted by molar-refractivity contribution is 7.32.